The highest BCUT2D eigenvalue weighted by Gasteiger charge is 2.27. The second-order valence-corrected chi connectivity index (χ2v) is 7.58. The number of hydrogen-bond donors (Lipinski definition) is 0. The number of likely N-dealkylation sites (tertiary alicyclic amines) is 1. The summed E-state index contributed by atoms with van der Waals surface area (Å²) in [4.78, 5) is 36.5. The van der Waals surface area contributed by atoms with Crippen molar-refractivity contribution in [2.24, 2.45) is 0 Å². The van der Waals surface area contributed by atoms with Crippen LogP contribution in [0.5, 0.6) is 0 Å². The van der Waals surface area contributed by atoms with Gasteiger partial charge in [-0.15, -0.1) is 11.3 Å². The third-order valence-electron chi connectivity index (χ3n) is 4.75. The molecule has 140 valence electrons. The first kappa shape index (κ1) is 18.6. The first-order valence-electron chi connectivity index (χ1n) is 8.90. The van der Waals surface area contributed by atoms with Crippen LogP contribution in [0.2, 0.25) is 0 Å². The molecule has 0 aliphatic carbocycles. The van der Waals surface area contributed by atoms with Crippen molar-refractivity contribution < 1.29 is 9.59 Å². The third kappa shape index (κ3) is 4.49. The van der Waals surface area contributed by atoms with Crippen LogP contribution in [0.15, 0.2) is 23.3 Å². The van der Waals surface area contributed by atoms with Crippen LogP contribution >= 0.6 is 11.3 Å². The normalized spacial score (nSPS) is 17.3. The summed E-state index contributed by atoms with van der Waals surface area (Å²) >= 11 is 1.59. The van der Waals surface area contributed by atoms with E-state index < -0.39 is 0 Å². The maximum atomic E-state index is 12.5. The Balaban J connectivity index is 1.61. The maximum absolute atomic E-state index is 12.5. The quantitative estimate of drug-likeness (QED) is 0.774. The number of carbonyl (C=O) groups is 2. The predicted octanol–water partition coefficient (Wildman–Crippen LogP) is 1.96. The number of nitrogens with zero attached hydrogens (tertiary/aromatic N) is 5. The first-order valence-corrected chi connectivity index (χ1v) is 9.85. The summed E-state index contributed by atoms with van der Waals surface area (Å²) in [6.07, 6.45) is 6.32. The van der Waals surface area contributed by atoms with Crippen molar-refractivity contribution in [3.05, 3.63) is 34.8 Å². The zero-order chi connectivity index (χ0) is 18.5. The molecule has 1 fully saturated rings. The summed E-state index contributed by atoms with van der Waals surface area (Å²) in [5, 5.41) is 2.04. The Kier molecular flexibility index (Phi) is 6.03. The molecule has 7 nitrogen and oxygen atoms in total. The molecule has 0 saturated carbocycles. The fourth-order valence-electron chi connectivity index (χ4n) is 3.31. The van der Waals surface area contributed by atoms with Gasteiger partial charge in [0.2, 0.25) is 11.8 Å². The number of imidazole rings is 1. The van der Waals surface area contributed by atoms with Gasteiger partial charge in [0, 0.05) is 63.7 Å². The van der Waals surface area contributed by atoms with Gasteiger partial charge in [-0.05, 0) is 12.8 Å². The molecule has 8 heteroatoms. The van der Waals surface area contributed by atoms with E-state index in [1.807, 2.05) is 28.2 Å². The smallest absolute Gasteiger partial charge is 0.223 e. The summed E-state index contributed by atoms with van der Waals surface area (Å²) in [7, 11) is 3.43. The van der Waals surface area contributed by atoms with E-state index >= 15 is 0 Å². The molecule has 0 aromatic carbocycles. The SMILES string of the molecule is CN(C)C(=O)CCC(=O)N1CCC[C@@H](c2nccn2Cc2cscn2)C1. The van der Waals surface area contributed by atoms with Crippen molar-refractivity contribution >= 4 is 23.2 Å². The lowest BCUT2D eigenvalue weighted by molar-refractivity contribution is -0.136. The fraction of sp³-hybridized carbons (Fsp3) is 0.556. The van der Waals surface area contributed by atoms with Gasteiger partial charge in [-0.25, -0.2) is 9.97 Å². The average Bonchev–Trinajstić information content (AvgIpc) is 3.31. The van der Waals surface area contributed by atoms with E-state index in [4.69, 9.17) is 0 Å². The highest BCUT2D eigenvalue weighted by Crippen LogP contribution is 2.27. The van der Waals surface area contributed by atoms with Crippen LogP contribution in [0, 0.1) is 0 Å². The average molecular weight is 375 g/mol. The fourth-order valence-corrected chi connectivity index (χ4v) is 3.86. The Morgan fingerprint density at radius 2 is 2.15 bits per heavy atom. The van der Waals surface area contributed by atoms with Crippen LogP contribution in [0.1, 0.15) is 43.1 Å². The van der Waals surface area contributed by atoms with Crippen molar-refractivity contribution in [1.82, 2.24) is 24.3 Å². The summed E-state index contributed by atoms with van der Waals surface area (Å²) < 4.78 is 2.13. The standard InChI is InChI=1S/C18H25N5O2S/c1-21(2)16(24)5-6-17(25)22-8-3-4-14(10-22)18-19-7-9-23(18)11-15-12-26-13-20-15/h7,9,12-14H,3-6,8,10-11H2,1-2H3/t14-/m1/s1. The zero-order valence-corrected chi connectivity index (χ0v) is 16.1. The minimum Gasteiger partial charge on any atom is -0.349 e. The van der Waals surface area contributed by atoms with E-state index in [9.17, 15) is 9.59 Å². The van der Waals surface area contributed by atoms with Crippen LogP contribution in [-0.4, -0.2) is 63.3 Å². The molecule has 0 bridgehead atoms. The van der Waals surface area contributed by atoms with Crippen LogP contribution in [0.3, 0.4) is 0 Å². The highest BCUT2D eigenvalue weighted by molar-refractivity contribution is 7.07. The molecular formula is C18H25N5O2S. The number of aromatic nitrogens is 3. The summed E-state index contributed by atoms with van der Waals surface area (Å²) in [5.74, 6) is 1.29. The zero-order valence-electron chi connectivity index (χ0n) is 15.3. The van der Waals surface area contributed by atoms with E-state index in [-0.39, 0.29) is 30.6 Å². The third-order valence-corrected chi connectivity index (χ3v) is 5.39. The Labute approximate surface area is 157 Å². The minimum absolute atomic E-state index is 0.00860. The molecule has 3 rings (SSSR count). The molecule has 1 atom stereocenters. The molecule has 2 aromatic rings. The highest BCUT2D eigenvalue weighted by atomic mass is 32.1. The molecule has 2 amide bonds. The lowest BCUT2D eigenvalue weighted by Crippen LogP contribution is -2.40. The first-order chi connectivity index (χ1) is 12.5. The van der Waals surface area contributed by atoms with Gasteiger partial charge in [-0.2, -0.15) is 0 Å². The molecule has 2 aromatic heterocycles. The van der Waals surface area contributed by atoms with Gasteiger partial charge in [-0.3, -0.25) is 9.59 Å². The molecule has 1 saturated heterocycles. The Morgan fingerprint density at radius 3 is 2.88 bits per heavy atom. The van der Waals surface area contributed by atoms with E-state index in [1.54, 1.807) is 25.4 Å². The van der Waals surface area contributed by atoms with E-state index in [0.717, 1.165) is 30.9 Å². The van der Waals surface area contributed by atoms with Crippen molar-refractivity contribution in [2.45, 2.75) is 38.1 Å². The maximum Gasteiger partial charge on any atom is 0.223 e. The second-order valence-electron chi connectivity index (χ2n) is 6.86. The van der Waals surface area contributed by atoms with E-state index in [1.165, 1.54) is 4.90 Å². The molecule has 1 aliphatic heterocycles. The lowest BCUT2D eigenvalue weighted by Gasteiger charge is -2.32. The van der Waals surface area contributed by atoms with Crippen LogP contribution in [0.4, 0.5) is 0 Å². The minimum atomic E-state index is -0.00860. The molecule has 3 heterocycles. The van der Waals surface area contributed by atoms with Crippen molar-refractivity contribution in [3.8, 4) is 0 Å². The monoisotopic (exact) mass is 375 g/mol. The summed E-state index contributed by atoms with van der Waals surface area (Å²) in [6.45, 7) is 2.14. The van der Waals surface area contributed by atoms with Crippen LogP contribution in [0.25, 0.3) is 0 Å². The van der Waals surface area contributed by atoms with Gasteiger partial charge in [0.15, 0.2) is 0 Å². The summed E-state index contributed by atoms with van der Waals surface area (Å²) in [6, 6.07) is 0. The molecule has 0 N–H and O–H groups in total. The molecule has 26 heavy (non-hydrogen) atoms. The number of carbonyl (C=O) groups excluding carboxylic acids is 2. The van der Waals surface area contributed by atoms with Gasteiger partial charge in [0.25, 0.3) is 0 Å². The van der Waals surface area contributed by atoms with E-state index in [0.29, 0.717) is 13.1 Å². The number of piperidine rings is 1. The molecular weight excluding hydrogens is 350 g/mol. The van der Waals surface area contributed by atoms with Gasteiger partial charge >= 0.3 is 0 Å². The van der Waals surface area contributed by atoms with Crippen molar-refractivity contribution in [1.29, 1.82) is 0 Å². The largest absolute Gasteiger partial charge is 0.349 e. The van der Waals surface area contributed by atoms with Gasteiger partial charge < -0.3 is 14.4 Å². The predicted molar refractivity (Wildman–Crippen MR) is 99.9 cm³/mol. The van der Waals surface area contributed by atoms with E-state index in [2.05, 4.69) is 14.5 Å². The van der Waals surface area contributed by atoms with Gasteiger partial charge in [0.1, 0.15) is 5.82 Å². The number of amides is 2. The van der Waals surface area contributed by atoms with Crippen molar-refractivity contribution in [3.63, 3.8) is 0 Å². The second kappa shape index (κ2) is 8.44. The Morgan fingerprint density at radius 1 is 1.31 bits per heavy atom. The topological polar surface area (TPSA) is 71.3 Å². The molecule has 1 aliphatic rings. The van der Waals surface area contributed by atoms with Crippen LogP contribution in [-0.2, 0) is 16.1 Å². The summed E-state index contributed by atoms with van der Waals surface area (Å²) in [5.41, 5.74) is 2.86. The Hall–Kier alpha value is -2.22. The van der Waals surface area contributed by atoms with Crippen molar-refractivity contribution in [2.75, 3.05) is 27.2 Å². The molecule has 0 unspecified atom stereocenters. The van der Waals surface area contributed by atoms with Crippen LogP contribution < -0.4 is 0 Å². The molecule has 0 spiro atoms. The number of thiazole rings is 1. The Bertz CT molecular complexity index is 741. The van der Waals surface area contributed by atoms with Gasteiger partial charge in [0.05, 0.1) is 17.7 Å². The van der Waals surface area contributed by atoms with Gasteiger partial charge in [-0.1, -0.05) is 0 Å². The lowest BCUT2D eigenvalue weighted by atomic mass is 9.96. The number of hydrogen-bond acceptors (Lipinski definition) is 5. The number of rotatable bonds is 6. The molecule has 0 radical (unpaired) electrons.